The van der Waals surface area contributed by atoms with E-state index in [-0.39, 0.29) is 17.2 Å². The zero-order chi connectivity index (χ0) is 17.0. The first kappa shape index (κ1) is 17.2. The number of hydrogen-bond donors (Lipinski definition) is 1. The second-order valence-electron chi connectivity index (χ2n) is 4.55. The lowest BCUT2D eigenvalue weighted by Crippen LogP contribution is -2.23. The van der Waals surface area contributed by atoms with E-state index in [0.29, 0.717) is 10.6 Å². The average Bonchev–Trinajstić information content (AvgIpc) is 2.52. The number of methoxy groups -OCH3 is 1. The minimum Gasteiger partial charge on any atom is -0.490 e. The zero-order valence-electron chi connectivity index (χ0n) is 12.0. The Hall–Kier alpha value is -2.16. The Morgan fingerprint density at radius 3 is 2.61 bits per heavy atom. The highest BCUT2D eigenvalue weighted by Crippen LogP contribution is 2.29. The van der Waals surface area contributed by atoms with Gasteiger partial charge in [0.2, 0.25) is 10.0 Å². The monoisotopic (exact) mass is 356 g/mol. The molecule has 0 spiro atoms. The van der Waals surface area contributed by atoms with E-state index in [4.69, 9.17) is 16.3 Å². The lowest BCUT2D eigenvalue weighted by Gasteiger charge is -2.08. The molecular weight excluding hydrogens is 344 g/mol. The first-order valence-corrected chi connectivity index (χ1v) is 8.26. The highest BCUT2D eigenvalue weighted by molar-refractivity contribution is 7.89. The molecule has 0 unspecified atom stereocenters. The standard InChI is InChI=1S/C14H13ClN2O5S/c1-22-14-6-5-12(8-13(14)17(18)19)23(20,21)16-9-10-3-2-4-11(15)7-10/h2-8,16H,9H2,1H3. The van der Waals surface area contributed by atoms with Crippen molar-refractivity contribution in [2.45, 2.75) is 11.4 Å². The van der Waals surface area contributed by atoms with Crippen molar-refractivity contribution in [3.63, 3.8) is 0 Å². The van der Waals surface area contributed by atoms with Crippen LogP contribution in [-0.2, 0) is 16.6 Å². The van der Waals surface area contributed by atoms with Gasteiger partial charge in [0.15, 0.2) is 5.75 Å². The Bertz CT molecular complexity index is 839. The van der Waals surface area contributed by atoms with Crippen LogP contribution in [0.15, 0.2) is 47.4 Å². The quantitative estimate of drug-likeness (QED) is 0.633. The van der Waals surface area contributed by atoms with E-state index in [2.05, 4.69) is 4.72 Å². The molecule has 7 nitrogen and oxygen atoms in total. The molecule has 0 amide bonds. The predicted molar refractivity (Wildman–Crippen MR) is 85.1 cm³/mol. The fourth-order valence-electron chi connectivity index (χ4n) is 1.89. The van der Waals surface area contributed by atoms with Crippen LogP contribution in [0.1, 0.15) is 5.56 Å². The largest absolute Gasteiger partial charge is 0.490 e. The number of nitro groups is 1. The molecule has 0 heterocycles. The van der Waals surface area contributed by atoms with E-state index >= 15 is 0 Å². The number of hydrogen-bond acceptors (Lipinski definition) is 5. The maximum atomic E-state index is 12.3. The molecule has 0 aromatic heterocycles. The number of nitro benzene ring substituents is 1. The summed E-state index contributed by atoms with van der Waals surface area (Å²) in [6.45, 7) is 0.0166. The van der Waals surface area contributed by atoms with Crippen LogP contribution in [0.3, 0.4) is 0 Å². The van der Waals surface area contributed by atoms with Gasteiger partial charge in [-0.05, 0) is 29.8 Å². The van der Waals surface area contributed by atoms with Crippen LogP contribution < -0.4 is 9.46 Å². The molecule has 0 saturated heterocycles. The van der Waals surface area contributed by atoms with Gasteiger partial charge in [0.1, 0.15) is 0 Å². The molecule has 122 valence electrons. The molecule has 23 heavy (non-hydrogen) atoms. The summed E-state index contributed by atoms with van der Waals surface area (Å²) in [6, 6.07) is 10.2. The molecule has 0 aliphatic carbocycles. The molecule has 2 aromatic rings. The third kappa shape index (κ3) is 4.19. The van der Waals surface area contributed by atoms with Crippen LogP contribution in [0.2, 0.25) is 5.02 Å². The van der Waals surface area contributed by atoms with Gasteiger partial charge in [0, 0.05) is 17.6 Å². The summed E-state index contributed by atoms with van der Waals surface area (Å²) in [6.07, 6.45) is 0. The molecule has 2 rings (SSSR count). The van der Waals surface area contributed by atoms with E-state index in [1.54, 1.807) is 24.3 Å². The number of halogens is 1. The van der Waals surface area contributed by atoms with E-state index < -0.39 is 20.6 Å². The Labute approximate surface area is 138 Å². The van der Waals surface area contributed by atoms with Gasteiger partial charge >= 0.3 is 5.69 Å². The Balaban J connectivity index is 2.25. The number of benzene rings is 2. The van der Waals surface area contributed by atoms with Crippen molar-refractivity contribution in [2.24, 2.45) is 0 Å². The van der Waals surface area contributed by atoms with Gasteiger partial charge in [-0.3, -0.25) is 10.1 Å². The summed E-state index contributed by atoms with van der Waals surface area (Å²) < 4.78 is 31.7. The Morgan fingerprint density at radius 1 is 1.26 bits per heavy atom. The lowest BCUT2D eigenvalue weighted by molar-refractivity contribution is -0.386. The van der Waals surface area contributed by atoms with Gasteiger partial charge in [-0.15, -0.1) is 0 Å². The summed E-state index contributed by atoms with van der Waals surface area (Å²) >= 11 is 5.83. The summed E-state index contributed by atoms with van der Waals surface area (Å²) in [7, 11) is -2.63. The van der Waals surface area contributed by atoms with Crippen molar-refractivity contribution >= 4 is 27.3 Å². The zero-order valence-corrected chi connectivity index (χ0v) is 13.6. The third-order valence-electron chi connectivity index (χ3n) is 3.01. The molecule has 0 aliphatic heterocycles. The van der Waals surface area contributed by atoms with Crippen LogP contribution in [0.5, 0.6) is 5.75 Å². The lowest BCUT2D eigenvalue weighted by atomic mass is 10.2. The topological polar surface area (TPSA) is 98.5 Å². The van der Waals surface area contributed by atoms with Crippen molar-refractivity contribution < 1.29 is 18.1 Å². The minimum atomic E-state index is -3.91. The van der Waals surface area contributed by atoms with Crippen LogP contribution in [0, 0.1) is 10.1 Å². The molecule has 0 saturated carbocycles. The Kier molecular flexibility index (Phi) is 5.19. The Morgan fingerprint density at radius 2 is 2.00 bits per heavy atom. The number of nitrogens with one attached hydrogen (secondary N) is 1. The number of ether oxygens (including phenoxy) is 1. The number of nitrogens with zero attached hydrogens (tertiary/aromatic N) is 1. The average molecular weight is 357 g/mol. The van der Waals surface area contributed by atoms with E-state index in [0.717, 1.165) is 6.07 Å². The molecular formula is C14H13ClN2O5S. The molecule has 0 fully saturated rings. The second kappa shape index (κ2) is 6.95. The highest BCUT2D eigenvalue weighted by Gasteiger charge is 2.21. The van der Waals surface area contributed by atoms with Crippen LogP contribution in [0.4, 0.5) is 5.69 Å². The van der Waals surface area contributed by atoms with Crippen molar-refractivity contribution in [1.82, 2.24) is 4.72 Å². The summed E-state index contributed by atoms with van der Waals surface area (Å²) in [5.74, 6) is -0.0104. The van der Waals surface area contributed by atoms with Crippen LogP contribution in [0.25, 0.3) is 0 Å². The van der Waals surface area contributed by atoms with Gasteiger partial charge in [0.25, 0.3) is 0 Å². The maximum absolute atomic E-state index is 12.3. The molecule has 2 aromatic carbocycles. The van der Waals surface area contributed by atoms with Gasteiger partial charge in [0.05, 0.1) is 16.9 Å². The van der Waals surface area contributed by atoms with Crippen molar-refractivity contribution in [1.29, 1.82) is 0 Å². The molecule has 0 aliphatic rings. The van der Waals surface area contributed by atoms with Crippen molar-refractivity contribution in [3.05, 3.63) is 63.2 Å². The molecule has 9 heteroatoms. The van der Waals surface area contributed by atoms with Crippen molar-refractivity contribution in [3.8, 4) is 5.75 Å². The van der Waals surface area contributed by atoms with Crippen molar-refractivity contribution in [2.75, 3.05) is 7.11 Å². The number of rotatable bonds is 6. The fourth-order valence-corrected chi connectivity index (χ4v) is 3.14. The van der Waals surface area contributed by atoms with Gasteiger partial charge in [-0.2, -0.15) is 0 Å². The molecule has 1 N–H and O–H groups in total. The van der Waals surface area contributed by atoms with E-state index in [9.17, 15) is 18.5 Å². The van der Waals surface area contributed by atoms with Gasteiger partial charge in [-0.1, -0.05) is 23.7 Å². The minimum absolute atomic E-state index is 0.0104. The first-order chi connectivity index (χ1) is 10.8. The van der Waals surface area contributed by atoms with Crippen LogP contribution >= 0.6 is 11.6 Å². The SMILES string of the molecule is COc1ccc(S(=O)(=O)NCc2cccc(Cl)c2)cc1[N+](=O)[O-]. The third-order valence-corrected chi connectivity index (χ3v) is 4.65. The second-order valence-corrected chi connectivity index (χ2v) is 6.75. The molecule has 0 atom stereocenters. The van der Waals surface area contributed by atoms with Gasteiger partial charge < -0.3 is 4.74 Å². The predicted octanol–water partition coefficient (Wildman–Crippen LogP) is 2.74. The van der Waals surface area contributed by atoms with Gasteiger partial charge in [-0.25, -0.2) is 13.1 Å². The fraction of sp³-hybridized carbons (Fsp3) is 0.143. The summed E-state index contributed by atoms with van der Waals surface area (Å²) in [5.41, 5.74) is 0.252. The summed E-state index contributed by atoms with van der Waals surface area (Å²) in [5, 5.41) is 11.5. The van der Waals surface area contributed by atoms with E-state index in [1.165, 1.54) is 19.2 Å². The van der Waals surface area contributed by atoms with E-state index in [1.807, 2.05) is 0 Å². The summed E-state index contributed by atoms with van der Waals surface area (Å²) in [4.78, 5) is 10.1. The maximum Gasteiger partial charge on any atom is 0.312 e. The smallest absolute Gasteiger partial charge is 0.312 e. The molecule has 0 radical (unpaired) electrons. The number of sulfonamides is 1. The highest BCUT2D eigenvalue weighted by atomic mass is 35.5. The van der Waals surface area contributed by atoms with Crippen LogP contribution in [-0.4, -0.2) is 20.5 Å². The normalized spacial score (nSPS) is 11.2. The first-order valence-electron chi connectivity index (χ1n) is 6.40. The molecule has 0 bridgehead atoms.